The molecule has 0 unspecified atom stereocenters. The third-order valence-electron chi connectivity index (χ3n) is 4.58. The maximum atomic E-state index is 12.3. The predicted molar refractivity (Wildman–Crippen MR) is 104 cm³/mol. The van der Waals surface area contributed by atoms with E-state index in [4.69, 9.17) is 19.9 Å². The first-order chi connectivity index (χ1) is 13.5. The maximum absolute atomic E-state index is 12.3. The summed E-state index contributed by atoms with van der Waals surface area (Å²) in [4.78, 5) is 23.5. The number of hydrogen-bond donors (Lipinski definition) is 2. The Labute approximate surface area is 164 Å². The van der Waals surface area contributed by atoms with Gasteiger partial charge in [0.05, 0.1) is 21.3 Å². The van der Waals surface area contributed by atoms with Crippen molar-refractivity contribution in [1.82, 2.24) is 0 Å². The normalized spacial score (nSPS) is 11.7. The van der Waals surface area contributed by atoms with Gasteiger partial charge in [-0.15, -0.1) is 0 Å². The lowest BCUT2D eigenvalue weighted by Crippen LogP contribution is -2.93. The lowest BCUT2D eigenvalue weighted by atomic mass is 9.96. The number of ether oxygens (including phenoxy) is 3. The van der Waals surface area contributed by atoms with Crippen molar-refractivity contribution in [2.45, 2.75) is 24.9 Å². The average molecular weight is 387 g/mol. The molecule has 1 amide bonds. The number of amides is 1. The molecule has 4 N–H and O–H groups in total. The molecule has 0 spiro atoms. The van der Waals surface area contributed by atoms with E-state index in [1.165, 1.54) is 7.11 Å². The van der Waals surface area contributed by atoms with Crippen LogP contribution in [0.3, 0.4) is 0 Å². The summed E-state index contributed by atoms with van der Waals surface area (Å²) in [5, 5.41) is 1.90. The minimum atomic E-state index is -0.563. The molecular formula is C21H27N2O5+. The Balaban J connectivity index is 2.36. The van der Waals surface area contributed by atoms with Crippen LogP contribution >= 0.6 is 0 Å². The highest BCUT2D eigenvalue weighted by Gasteiger charge is 2.29. The molecule has 0 aliphatic rings. The van der Waals surface area contributed by atoms with E-state index in [0.29, 0.717) is 6.42 Å². The van der Waals surface area contributed by atoms with E-state index in [-0.39, 0.29) is 12.5 Å². The van der Waals surface area contributed by atoms with Crippen LogP contribution < -0.4 is 20.5 Å². The second kappa shape index (κ2) is 10.3. The van der Waals surface area contributed by atoms with Crippen molar-refractivity contribution in [3.63, 3.8) is 0 Å². The van der Waals surface area contributed by atoms with Gasteiger partial charge in [-0.1, -0.05) is 0 Å². The SMILES string of the molecule is COC(=O)[C@H](CCC(N)=O)[NH2+]C(c1ccc(OC)cc1)c1ccc(OC)cc1. The smallest absolute Gasteiger partial charge is 0.364 e. The van der Waals surface area contributed by atoms with E-state index in [1.807, 2.05) is 53.8 Å². The minimum Gasteiger partial charge on any atom is -0.497 e. The fourth-order valence-electron chi connectivity index (χ4n) is 3.01. The van der Waals surface area contributed by atoms with Gasteiger partial charge in [-0.05, 0) is 48.5 Å². The minimum absolute atomic E-state index is 0.105. The van der Waals surface area contributed by atoms with Crippen molar-refractivity contribution < 1.29 is 29.1 Å². The van der Waals surface area contributed by atoms with Gasteiger partial charge in [-0.3, -0.25) is 4.79 Å². The highest BCUT2D eigenvalue weighted by atomic mass is 16.5. The highest BCUT2D eigenvalue weighted by Crippen LogP contribution is 2.23. The molecule has 0 aromatic heterocycles. The second-order valence-corrected chi connectivity index (χ2v) is 6.35. The Kier molecular flexibility index (Phi) is 7.83. The van der Waals surface area contributed by atoms with Crippen LogP contribution in [0.25, 0.3) is 0 Å². The molecule has 0 aliphatic heterocycles. The summed E-state index contributed by atoms with van der Waals surface area (Å²) in [6.45, 7) is 0. The predicted octanol–water partition coefficient (Wildman–Crippen LogP) is 1.16. The Morgan fingerprint density at radius 3 is 1.71 bits per heavy atom. The molecule has 2 aromatic rings. The van der Waals surface area contributed by atoms with Gasteiger partial charge in [0.15, 0.2) is 6.04 Å². The number of carbonyl (C=O) groups excluding carboxylic acids is 2. The zero-order valence-electron chi connectivity index (χ0n) is 16.4. The van der Waals surface area contributed by atoms with Gasteiger partial charge in [0, 0.05) is 24.0 Å². The number of esters is 1. The van der Waals surface area contributed by atoms with Gasteiger partial charge < -0.3 is 25.3 Å². The standard InChI is InChI=1S/C21H26N2O5/c1-26-16-8-4-14(5-9-16)20(15-6-10-17(27-2)11-7-15)23-18(21(25)28-3)12-13-19(22)24/h4-11,18,20,23H,12-13H2,1-3H3,(H2,22,24)/p+1/t18-/m0/s1. The molecular weight excluding hydrogens is 360 g/mol. The van der Waals surface area contributed by atoms with Gasteiger partial charge in [0.2, 0.25) is 5.91 Å². The van der Waals surface area contributed by atoms with Crippen molar-refractivity contribution in [2.24, 2.45) is 5.73 Å². The number of benzene rings is 2. The summed E-state index contributed by atoms with van der Waals surface area (Å²) < 4.78 is 15.4. The largest absolute Gasteiger partial charge is 0.497 e. The molecule has 0 saturated heterocycles. The summed E-state index contributed by atoms with van der Waals surface area (Å²) in [5.74, 6) is 0.645. The molecule has 1 atom stereocenters. The van der Waals surface area contributed by atoms with Crippen LogP contribution in [0, 0.1) is 0 Å². The van der Waals surface area contributed by atoms with Crippen LogP contribution in [-0.2, 0) is 14.3 Å². The zero-order chi connectivity index (χ0) is 20.5. The van der Waals surface area contributed by atoms with E-state index >= 15 is 0 Å². The van der Waals surface area contributed by atoms with Crippen molar-refractivity contribution in [2.75, 3.05) is 21.3 Å². The third-order valence-corrected chi connectivity index (χ3v) is 4.58. The zero-order valence-corrected chi connectivity index (χ0v) is 16.4. The van der Waals surface area contributed by atoms with Gasteiger partial charge in [-0.2, -0.15) is 0 Å². The summed E-state index contributed by atoms with van der Waals surface area (Å²) in [6, 6.07) is 14.5. The van der Waals surface area contributed by atoms with E-state index < -0.39 is 17.9 Å². The number of carbonyl (C=O) groups is 2. The summed E-state index contributed by atoms with van der Waals surface area (Å²) >= 11 is 0. The monoisotopic (exact) mass is 387 g/mol. The topological polar surface area (TPSA) is 104 Å². The molecule has 7 nitrogen and oxygen atoms in total. The van der Waals surface area contributed by atoms with Gasteiger partial charge in [-0.25, -0.2) is 4.79 Å². The lowest BCUT2D eigenvalue weighted by molar-refractivity contribution is -0.709. The van der Waals surface area contributed by atoms with Crippen molar-refractivity contribution in [3.05, 3.63) is 59.7 Å². The van der Waals surface area contributed by atoms with Gasteiger partial charge in [0.25, 0.3) is 0 Å². The molecule has 0 radical (unpaired) electrons. The van der Waals surface area contributed by atoms with E-state index in [1.54, 1.807) is 14.2 Å². The number of quaternary nitrogens is 1. The Bertz CT molecular complexity index is 727. The quantitative estimate of drug-likeness (QED) is 0.596. The van der Waals surface area contributed by atoms with E-state index in [9.17, 15) is 9.59 Å². The number of hydrogen-bond acceptors (Lipinski definition) is 5. The molecule has 28 heavy (non-hydrogen) atoms. The fraction of sp³-hybridized carbons (Fsp3) is 0.333. The second-order valence-electron chi connectivity index (χ2n) is 6.35. The maximum Gasteiger partial charge on any atom is 0.364 e. The molecule has 2 aromatic carbocycles. The van der Waals surface area contributed by atoms with Crippen LogP contribution in [0.4, 0.5) is 0 Å². The van der Waals surface area contributed by atoms with Gasteiger partial charge in [0.1, 0.15) is 17.5 Å². The Hall–Kier alpha value is -3.06. The Morgan fingerprint density at radius 2 is 1.36 bits per heavy atom. The highest BCUT2D eigenvalue weighted by molar-refractivity contribution is 5.77. The molecule has 0 aliphatic carbocycles. The Morgan fingerprint density at radius 1 is 0.893 bits per heavy atom. The van der Waals surface area contributed by atoms with E-state index in [0.717, 1.165) is 22.6 Å². The molecule has 7 heteroatoms. The number of primary amides is 1. The molecule has 150 valence electrons. The van der Waals surface area contributed by atoms with Crippen molar-refractivity contribution >= 4 is 11.9 Å². The summed E-state index contributed by atoms with van der Waals surface area (Å²) in [6.07, 6.45) is 0.402. The first-order valence-corrected chi connectivity index (χ1v) is 8.97. The first kappa shape index (κ1) is 21.2. The van der Waals surface area contributed by atoms with Crippen LogP contribution in [0.15, 0.2) is 48.5 Å². The molecule has 0 saturated carbocycles. The van der Waals surface area contributed by atoms with Gasteiger partial charge >= 0.3 is 5.97 Å². The summed E-state index contributed by atoms with van der Waals surface area (Å²) in [5.41, 5.74) is 7.24. The number of methoxy groups -OCH3 is 3. The van der Waals surface area contributed by atoms with Crippen LogP contribution in [0.2, 0.25) is 0 Å². The summed E-state index contributed by atoms with van der Waals surface area (Å²) in [7, 11) is 4.56. The van der Waals surface area contributed by atoms with Crippen LogP contribution in [0.1, 0.15) is 30.0 Å². The van der Waals surface area contributed by atoms with Crippen LogP contribution in [0.5, 0.6) is 11.5 Å². The van der Waals surface area contributed by atoms with E-state index in [2.05, 4.69) is 0 Å². The average Bonchev–Trinajstić information content (AvgIpc) is 2.73. The molecule has 0 fully saturated rings. The molecule has 0 heterocycles. The third kappa shape index (κ3) is 5.72. The first-order valence-electron chi connectivity index (χ1n) is 8.97. The van der Waals surface area contributed by atoms with Crippen molar-refractivity contribution in [3.8, 4) is 11.5 Å². The van der Waals surface area contributed by atoms with Crippen molar-refractivity contribution in [1.29, 1.82) is 0 Å². The molecule has 0 bridgehead atoms. The number of nitrogens with two attached hydrogens (primary N) is 2. The lowest BCUT2D eigenvalue weighted by Gasteiger charge is -2.22. The molecule has 2 rings (SSSR count). The number of rotatable bonds is 10. The van der Waals surface area contributed by atoms with Crippen LogP contribution in [-0.4, -0.2) is 39.2 Å². The fourth-order valence-corrected chi connectivity index (χ4v) is 3.01.